The second-order valence-corrected chi connectivity index (χ2v) is 11.6. The van der Waals surface area contributed by atoms with Crippen LogP contribution in [-0.2, 0) is 6.37 Å². The minimum absolute atomic E-state index is 0.0499. The van der Waals surface area contributed by atoms with E-state index in [0.29, 0.717) is 28.2 Å². The number of furan rings is 1. The lowest BCUT2D eigenvalue weighted by atomic mass is 9.84. The van der Waals surface area contributed by atoms with Crippen molar-refractivity contribution in [2.75, 3.05) is 0 Å². The van der Waals surface area contributed by atoms with Crippen LogP contribution in [0.4, 0.5) is 0 Å². The summed E-state index contributed by atoms with van der Waals surface area (Å²) in [4.78, 5) is 9.55. The highest BCUT2D eigenvalue weighted by Gasteiger charge is 2.21. The largest absolute Gasteiger partial charge is 0.437 e. The minimum atomic E-state index is -2.56. The fourth-order valence-electron chi connectivity index (χ4n) is 5.55. The van der Waals surface area contributed by atoms with Gasteiger partial charge in [0.25, 0.3) is 0 Å². The molecule has 0 saturated heterocycles. The molecule has 3 heteroatoms. The molecule has 0 fully saturated rings. The Morgan fingerprint density at radius 1 is 0.786 bits per heavy atom. The van der Waals surface area contributed by atoms with Gasteiger partial charge in [0.15, 0.2) is 0 Å². The number of para-hydroxylation sites is 1. The van der Waals surface area contributed by atoms with Crippen LogP contribution in [-0.4, -0.2) is 9.97 Å². The molecule has 6 aromatic rings. The number of hydrogen-bond acceptors (Lipinski definition) is 3. The van der Waals surface area contributed by atoms with Crippen LogP contribution < -0.4 is 0 Å². The number of nitrogens with zero attached hydrogens (tertiary/aromatic N) is 2. The lowest BCUT2D eigenvalue weighted by molar-refractivity contribution is 0.643. The van der Waals surface area contributed by atoms with Crippen LogP contribution in [0.2, 0.25) is 0 Å². The third kappa shape index (κ3) is 5.13. The van der Waals surface area contributed by atoms with Gasteiger partial charge in [0.1, 0.15) is 5.58 Å². The number of hydrogen-bond donors (Lipinski definition) is 0. The maximum Gasteiger partial charge on any atom is 0.227 e. The van der Waals surface area contributed by atoms with Crippen molar-refractivity contribution in [2.45, 2.75) is 66.6 Å². The van der Waals surface area contributed by atoms with Gasteiger partial charge in [-0.1, -0.05) is 96.1 Å². The fourth-order valence-corrected chi connectivity index (χ4v) is 5.55. The molecule has 0 unspecified atom stereocenters. The number of aryl methyl sites for hydroxylation is 1. The molecule has 3 aromatic carbocycles. The van der Waals surface area contributed by atoms with Crippen LogP contribution in [0.5, 0.6) is 0 Å². The predicted molar refractivity (Wildman–Crippen MR) is 177 cm³/mol. The van der Waals surface area contributed by atoms with E-state index in [0.717, 1.165) is 38.6 Å². The fraction of sp³-hybridized carbons (Fsp3) is 0.282. The third-order valence-corrected chi connectivity index (χ3v) is 7.57. The number of benzene rings is 3. The Hall–Kier alpha value is -4.24. The Labute approximate surface area is 259 Å². The van der Waals surface area contributed by atoms with Crippen molar-refractivity contribution >= 4 is 22.1 Å². The molecule has 0 N–H and O–H groups in total. The van der Waals surface area contributed by atoms with Crippen molar-refractivity contribution in [2.24, 2.45) is 5.92 Å². The van der Waals surface area contributed by atoms with Crippen molar-refractivity contribution in [3.05, 3.63) is 107 Å². The number of fused-ring (bicyclic) bond motifs is 3. The van der Waals surface area contributed by atoms with Crippen LogP contribution in [0.15, 0.2) is 89.5 Å². The lowest BCUT2D eigenvalue weighted by Gasteiger charge is -2.21. The van der Waals surface area contributed by atoms with Gasteiger partial charge in [-0.2, -0.15) is 0 Å². The number of pyridine rings is 2. The van der Waals surface area contributed by atoms with Crippen LogP contribution in [0.25, 0.3) is 55.7 Å². The van der Waals surface area contributed by atoms with E-state index < -0.39 is 30.9 Å². The second-order valence-electron chi connectivity index (χ2n) is 11.6. The molecule has 0 saturated carbocycles. The van der Waals surface area contributed by atoms with Crippen LogP contribution >= 0.6 is 0 Å². The van der Waals surface area contributed by atoms with Crippen molar-refractivity contribution in [1.29, 1.82) is 0 Å². The number of aromatic nitrogens is 2. The van der Waals surface area contributed by atoms with E-state index in [1.807, 2.05) is 94.4 Å². The van der Waals surface area contributed by atoms with E-state index in [1.54, 1.807) is 19.9 Å². The zero-order chi connectivity index (χ0) is 35.7. The van der Waals surface area contributed by atoms with Gasteiger partial charge in [-0.15, -0.1) is 0 Å². The number of rotatable bonds is 7. The van der Waals surface area contributed by atoms with Gasteiger partial charge in [-0.05, 0) is 88.6 Å². The highest BCUT2D eigenvalue weighted by molar-refractivity contribution is 6.08. The summed E-state index contributed by atoms with van der Waals surface area (Å²) < 4.78 is 66.6. The average Bonchev–Trinajstić information content (AvgIpc) is 3.41. The molecule has 3 aromatic heterocycles. The molecule has 0 aliphatic carbocycles. The van der Waals surface area contributed by atoms with Gasteiger partial charge >= 0.3 is 0 Å². The van der Waals surface area contributed by atoms with E-state index in [1.165, 1.54) is 12.3 Å². The molecule has 0 aliphatic rings. The molecule has 0 radical (unpaired) electrons. The summed E-state index contributed by atoms with van der Waals surface area (Å²) in [6, 6.07) is 24.9. The molecule has 212 valence electrons. The summed E-state index contributed by atoms with van der Waals surface area (Å²) in [5, 5.41) is 1.52. The Bertz CT molecular complexity index is 2150. The molecule has 0 spiro atoms. The summed E-state index contributed by atoms with van der Waals surface area (Å²) in [5.41, 5.74) is 6.45. The lowest BCUT2D eigenvalue weighted by Crippen LogP contribution is -2.02. The maximum absolute atomic E-state index is 9.15. The van der Waals surface area contributed by atoms with Crippen molar-refractivity contribution in [3.8, 4) is 33.6 Å². The quantitative estimate of drug-likeness (QED) is 0.195. The Kier molecular flexibility index (Phi) is 5.50. The molecular weight excluding hydrogens is 512 g/mol. The molecule has 3 nitrogen and oxygen atoms in total. The first kappa shape index (κ1) is 20.6. The Morgan fingerprint density at radius 2 is 1.52 bits per heavy atom. The van der Waals surface area contributed by atoms with E-state index in [4.69, 9.17) is 19.0 Å². The summed E-state index contributed by atoms with van der Waals surface area (Å²) >= 11 is 0. The highest BCUT2D eigenvalue weighted by Crippen LogP contribution is 2.41. The Balaban J connectivity index is 1.57. The molecule has 3 heterocycles. The first-order chi connectivity index (χ1) is 22.8. The van der Waals surface area contributed by atoms with Gasteiger partial charge < -0.3 is 4.42 Å². The van der Waals surface area contributed by atoms with Crippen LogP contribution in [0, 0.1) is 12.8 Å². The molecule has 0 atom stereocenters. The Morgan fingerprint density at radius 3 is 2.19 bits per heavy atom. The van der Waals surface area contributed by atoms with Gasteiger partial charge in [-0.25, -0.2) is 4.98 Å². The summed E-state index contributed by atoms with van der Waals surface area (Å²) in [7, 11) is 0. The molecule has 0 amide bonds. The van der Waals surface area contributed by atoms with Crippen molar-refractivity contribution in [3.63, 3.8) is 0 Å². The topological polar surface area (TPSA) is 38.9 Å². The van der Waals surface area contributed by atoms with Gasteiger partial charge in [0.05, 0.1) is 11.4 Å². The zero-order valence-electron chi connectivity index (χ0n) is 32.0. The van der Waals surface area contributed by atoms with E-state index in [2.05, 4.69) is 4.98 Å². The smallest absolute Gasteiger partial charge is 0.227 e. The summed E-state index contributed by atoms with van der Waals surface area (Å²) in [6.45, 7) is 8.23. The maximum atomic E-state index is 9.15. The first-order valence-electron chi connectivity index (χ1n) is 17.9. The van der Waals surface area contributed by atoms with Crippen LogP contribution in [0.1, 0.15) is 85.2 Å². The van der Waals surface area contributed by atoms with Crippen molar-refractivity contribution in [1.82, 2.24) is 9.97 Å². The zero-order valence-corrected chi connectivity index (χ0v) is 25.0. The molecule has 0 aliphatic heterocycles. The van der Waals surface area contributed by atoms with Crippen molar-refractivity contribution < 1.29 is 14.0 Å². The SMILES string of the molecule is [2H]C([2H])([2H])c1cc(-c2cccc3c2oc2nc(-c4c(C([2H])(C)C)cc(-c5ccccc5)cc4C([2H])(C)C)ccc23)ncc1C([2H])([2H])C(C)C. The molecule has 0 bridgehead atoms. The molecular formula is C39H40N2O. The van der Waals surface area contributed by atoms with E-state index >= 15 is 0 Å². The summed E-state index contributed by atoms with van der Waals surface area (Å²) in [6.07, 6.45) is -0.554. The van der Waals surface area contributed by atoms with Gasteiger partial charge in [-0.3, -0.25) is 4.98 Å². The van der Waals surface area contributed by atoms with Gasteiger partial charge in [0, 0.05) is 37.7 Å². The second kappa shape index (κ2) is 11.2. The first-order valence-corrected chi connectivity index (χ1v) is 14.4. The predicted octanol–water partition coefficient (Wildman–Crippen LogP) is 11.1. The normalized spacial score (nSPS) is 15.5. The molecule has 6 rings (SSSR count). The van der Waals surface area contributed by atoms with Gasteiger partial charge in [0.2, 0.25) is 5.71 Å². The van der Waals surface area contributed by atoms with Crippen LogP contribution in [0.3, 0.4) is 0 Å². The monoisotopic (exact) mass is 559 g/mol. The third-order valence-electron chi connectivity index (χ3n) is 7.57. The molecule has 42 heavy (non-hydrogen) atoms. The van der Waals surface area contributed by atoms with E-state index in [9.17, 15) is 0 Å². The van der Waals surface area contributed by atoms with E-state index in [-0.39, 0.29) is 11.1 Å². The minimum Gasteiger partial charge on any atom is -0.437 e. The average molecular weight is 560 g/mol. The highest BCUT2D eigenvalue weighted by atomic mass is 16.3. The standard InChI is InChI=1S/C39H40N2O/c1-23(2)18-29-22-40-36(19-26(29)7)32-15-11-14-30-31-16-17-35(41-39(31)42-38(30)32)37-33(24(3)4)20-28(21-34(37)25(5)6)27-12-9-8-10-13-27/h8-17,19-25H,18H2,1-7H3/i7D3,18D2,24D,25D. The summed E-state index contributed by atoms with van der Waals surface area (Å²) in [5.74, 6) is -2.49.